The Hall–Kier alpha value is -0.810. The van der Waals surface area contributed by atoms with E-state index in [-0.39, 0.29) is 33.7 Å². The van der Waals surface area contributed by atoms with Gasteiger partial charge in [-0.1, -0.05) is 23.2 Å². The standard InChI is InChI=1S/C12H14Cl2N2O2/c13-9-5-8(11(17)6-10(9)14)12(18)7-16-3-1-15-2-4-16/h5-6,15,17H,1-4,7H2. The number of ketones is 1. The van der Waals surface area contributed by atoms with E-state index in [9.17, 15) is 9.90 Å². The molecule has 1 aliphatic rings. The van der Waals surface area contributed by atoms with E-state index in [0.717, 1.165) is 26.2 Å². The molecule has 0 unspecified atom stereocenters. The van der Waals surface area contributed by atoms with Gasteiger partial charge in [0.2, 0.25) is 0 Å². The van der Waals surface area contributed by atoms with Crippen molar-refractivity contribution in [2.45, 2.75) is 0 Å². The van der Waals surface area contributed by atoms with Crippen LogP contribution in [0.3, 0.4) is 0 Å². The van der Waals surface area contributed by atoms with Gasteiger partial charge in [-0.3, -0.25) is 9.69 Å². The van der Waals surface area contributed by atoms with Gasteiger partial charge in [-0.2, -0.15) is 0 Å². The van der Waals surface area contributed by atoms with Gasteiger partial charge in [-0.15, -0.1) is 0 Å². The summed E-state index contributed by atoms with van der Waals surface area (Å²) in [7, 11) is 0. The molecular weight excluding hydrogens is 275 g/mol. The number of benzene rings is 1. The summed E-state index contributed by atoms with van der Waals surface area (Å²) in [5, 5.41) is 13.5. The van der Waals surface area contributed by atoms with Crippen molar-refractivity contribution in [3.05, 3.63) is 27.7 Å². The third kappa shape index (κ3) is 3.14. The number of phenols is 1. The lowest BCUT2D eigenvalue weighted by atomic mass is 10.1. The molecule has 18 heavy (non-hydrogen) atoms. The minimum Gasteiger partial charge on any atom is -0.507 e. The summed E-state index contributed by atoms with van der Waals surface area (Å²) >= 11 is 11.6. The normalized spacial score (nSPS) is 16.8. The third-order valence-corrected chi connectivity index (χ3v) is 3.64. The molecule has 1 aromatic rings. The highest BCUT2D eigenvalue weighted by Crippen LogP contribution is 2.30. The van der Waals surface area contributed by atoms with Gasteiger partial charge in [0.25, 0.3) is 0 Å². The molecule has 98 valence electrons. The fourth-order valence-corrected chi connectivity index (χ4v) is 2.24. The van der Waals surface area contributed by atoms with E-state index < -0.39 is 0 Å². The number of rotatable bonds is 3. The van der Waals surface area contributed by atoms with Gasteiger partial charge in [-0.25, -0.2) is 0 Å². The molecule has 0 atom stereocenters. The first-order valence-electron chi connectivity index (χ1n) is 5.72. The Bertz CT molecular complexity index is 460. The van der Waals surface area contributed by atoms with Crippen LogP contribution in [0.5, 0.6) is 5.75 Å². The predicted octanol–water partition coefficient (Wildman–Crippen LogP) is 1.79. The maximum atomic E-state index is 12.1. The number of piperazine rings is 1. The second-order valence-electron chi connectivity index (χ2n) is 4.23. The van der Waals surface area contributed by atoms with Gasteiger partial charge in [0, 0.05) is 32.2 Å². The Morgan fingerprint density at radius 2 is 1.89 bits per heavy atom. The molecule has 0 spiro atoms. The molecule has 1 aliphatic heterocycles. The highest BCUT2D eigenvalue weighted by atomic mass is 35.5. The first-order chi connectivity index (χ1) is 8.58. The van der Waals surface area contributed by atoms with Gasteiger partial charge in [-0.05, 0) is 6.07 Å². The molecular formula is C12H14Cl2N2O2. The summed E-state index contributed by atoms with van der Waals surface area (Å²) in [4.78, 5) is 14.1. The van der Waals surface area contributed by atoms with Crippen molar-refractivity contribution in [1.82, 2.24) is 10.2 Å². The average Bonchev–Trinajstić information content (AvgIpc) is 2.35. The first kappa shape index (κ1) is 13.6. The van der Waals surface area contributed by atoms with Gasteiger partial charge < -0.3 is 10.4 Å². The van der Waals surface area contributed by atoms with Crippen LogP contribution < -0.4 is 5.32 Å². The number of Topliss-reactive ketones (excluding diaryl/α,β-unsaturated/α-hetero) is 1. The molecule has 1 heterocycles. The zero-order chi connectivity index (χ0) is 13.1. The summed E-state index contributed by atoms with van der Waals surface area (Å²) in [6.45, 7) is 3.69. The fraction of sp³-hybridized carbons (Fsp3) is 0.417. The van der Waals surface area contributed by atoms with Gasteiger partial charge in [0.05, 0.1) is 22.2 Å². The van der Waals surface area contributed by atoms with E-state index in [0.29, 0.717) is 0 Å². The zero-order valence-electron chi connectivity index (χ0n) is 9.75. The molecule has 0 bridgehead atoms. The maximum Gasteiger partial charge on any atom is 0.180 e. The van der Waals surface area contributed by atoms with Crippen molar-refractivity contribution in [2.24, 2.45) is 0 Å². The fourth-order valence-electron chi connectivity index (χ4n) is 1.92. The Morgan fingerprint density at radius 3 is 2.56 bits per heavy atom. The van der Waals surface area contributed by atoms with Gasteiger partial charge in [0.1, 0.15) is 5.75 Å². The second kappa shape index (κ2) is 5.89. The van der Waals surface area contributed by atoms with E-state index in [4.69, 9.17) is 23.2 Å². The van der Waals surface area contributed by atoms with E-state index in [2.05, 4.69) is 5.32 Å². The summed E-state index contributed by atoms with van der Waals surface area (Å²) < 4.78 is 0. The highest BCUT2D eigenvalue weighted by molar-refractivity contribution is 6.42. The number of carbonyl (C=O) groups excluding carboxylic acids is 1. The Labute approximate surface area is 115 Å². The molecule has 0 saturated carbocycles. The van der Waals surface area contributed by atoms with Crippen LogP contribution in [-0.4, -0.2) is 48.5 Å². The Morgan fingerprint density at radius 1 is 1.28 bits per heavy atom. The number of hydrogen-bond donors (Lipinski definition) is 2. The van der Waals surface area contributed by atoms with E-state index in [1.54, 1.807) is 0 Å². The molecule has 0 aliphatic carbocycles. The van der Waals surface area contributed by atoms with E-state index in [1.807, 2.05) is 4.90 Å². The Kier molecular flexibility index (Phi) is 4.45. The predicted molar refractivity (Wildman–Crippen MR) is 71.8 cm³/mol. The number of carbonyl (C=O) groups is 1. The number of aromatic hydroxyl groups is 1. The van der Waals surface area contributed by atoms with Crippen molar-refractivity contribution in [2.75, 3.05) is 32.7 Å². The van der Waals surface area contributed by atoms with Crippen molar-refractivity contribution < 1.29 is 9.90 Å². The molecule has 6 heteroatoms. The van der Waals surface area contributed by atoms with Crippen molar-refractivity contribution >= 4 is 29.0 Å². The minimum atomic E-state index is -0.145. The number of phenolic OH excluding ortho intramolecular Hbond substituents is 1. The molecule has 0 amide bonds. The topological polar surface area (TPSA) is 52.6 Å². The first-order valence-corrected chi connectivity index (χ1v) is 6.48. The van der Waals surface area contributed by atoms with Crippen LogP contribution in [0.4, 0.5) is 0 Å². The molecule has 2 N–H and O–H groups in total. The van der Waals surface area contributed by atoms with Crippen molar-refractivity contribution in [1.29, 1.82) is 0 Å². The van der Waals surface area contributed by atoms with Crippen molar-refractivity contribution in [3.63, 3.8) is 0 Å². The van der Waals surface area contributed by atoms with Crippen molar-refractivity contribution in [3.8, 4) is 5.75 Å². The van der Waals surface area contributed by atoms with Crippen LogP contribution in [0.15, 0.2) is 12.1 Å². The molecule has 1 aromatic carbocycles. The quantitative estimate of drug-likeness (QED) is 0.833. The lowest BCUT2D eigenvalue weighted by Crippen LogP contribution is -2.45. The highest BCUT2D eigenvalue weighted by Gasteiger charge is 2.18. The summed E-state index contributed by atoms with van der Waals surface area (Å²) in [6.07, 6.45) is 0. The second-order valence-corrected chi connectivity index (χ2v) is 5.05. The third-order valence-electron chi connectivity index (χ3n) is 2.92. The SMILES string of the molecule is O=C(CN1CCNCC1)c1cc(Cl)c(Cl)cc1O. The van der Waals surface area contributed by atoms with Gasteiger partial charge in [0.15, 0.2) is 5.78 Å². The number of hydrogen-bond acceptors (Lipinski definition) is 4. The van der Waals surface area contributed by atoms with Crippen LogP contribution in [0, 0.1) is 0 Å². The maximum absolute atomic E-state index is 12.1. The number of nitrogens with zero attached hydrogens (tertiary/aromatic N) is 1. The molecule has 1 saturated heterocycles. The lowest BCUT2D eigenvalue weighted by molar-refractivity contribution is 0.0919. The van der Waals surface area contributed by atoms with Crippen LogP contribution in [0.25, 0.3) is 0 Å². The van der Waals surface area contributed by atoms with Crippen LogP contribution in [-0.2, 0) is 0 Å². The number of nitrogens with one attached hydrogen (secondary N) is 1. The molecule has 0 radical (unpaired) electrons. The van der Waals surface area contributed by atoms with Crippen LogP contribution >= 0.6 is 23.2 Å². The smallest absolute Gasteiger partial charge is 0.180 e. The Balaban J connectivity index is 2.10. The van der Waals surface area contributed by atoms with Crippen LogP contribution in [0.2, 0.25) is 10.0 Å². The largest absolute Gasteiger partial charge is 0.507 e. The van der Waals surface area contributed by atoms with Crippen LogP contribution in [0.1, 0.15) is 10.4 Å². The lowest BCUT2D eigenvalue weighted by Gasteiger charge is -2.26. The monoisotopic (exact) mass is 288 g/mol. The summed E-state index contributed by atoms with van der Waals surface area (Å²) in [5.41, 5.74) is 0.225. The molecule has 0 aromatic heterocycles. The zero-order valence-corrected chi connectivity index (χ0v) is 11.3. The summed E-state index contributed by atoms with van der Waals surface area (Å²) in [5.74, 6) is -0.266. The summed E-state index contributed by atoms with van der Waals surface area (Å²) in [6, 6.07) is 2.72. The molecule has 2 rings (SSSR count). The average molecular weight is 289 g/mol. The molecule has 1 fully saturated rings. The number of halogens is 2. The minimum absolute atomic E-state index is 0.121. The van der Waals surface area contributed by atoms with E-state index >= 15 is 0 Å². The van der Waals surface area contributed by atoms with Gasteiger partial charge >= 0.3 is 0 Å². The molecule has 4 nitrogen and oxygen atoms in total. The van der Waals surface area contributed by atoms with E-state index in [1.165, 1.54) is 12.1 Å².